The molecule has 0 fully saturated rings. The van der Waals surface area contributed by atoms with Gasteiger partial charge in [0.25, 0.3) is 0 Å². The number of carbonyl (C=O) groups excluding carboxylic acids is 1. The van der Waals surface area contributed by atoms with E-state index < -0.39 is 0 Å². The van der Waals surface area contributed by atoms with Gasteiger partial charge in [-0.3, -0.25) is 4.79 Å². The molecular weight excluding hydrogens is 162 g/mol. The summed E-state index contributed by atoms with van der Waals surface area (Å²) < 4.78 is 0. The number of unbranched alkanes of at least 4 members (excludes halogenated alkanes) is 4. The number of nitrogens with two attached hydrogens (primary N) is 1. The molecule has 2 N–H and O–H groups in total. The van der Waals surface area contributed by atoms with Crippen molar-refractivity contribution in [2.24, 2.45) is 5.73 Å². The van der Waals surface area contributed by atoms with Crippen LogP contribution >= 0.6 is 0 Å². The molecule has 0 heterocycles. The maximum Gasteiger partial charge on any atom is 0.221 e. The van der Waals surface area contributed by atoms with Crippen molar-refractivity contribution in [2.75, 3.05) is 0 Å². The van der Waals surface area contributed by atoms with Crippen molar-refractivity contribution in [3.63, 3.8) is 0 Å². The fourth-order valence-corrected chi connectivity index (χ4v) is 1.27. The topological polar surface area (TPSA) is 43.1 Å². The van der Waals surface area contributed by atoms with E-state index in [-0.39, 0.29) is 5.91 Å². The summed E-state index contributed by atoms with van der Waals surface area (Å²) in [5.41, 5.74) is 6.17. The Morgan fingerprint density at radius 3 is 2.54 bits per heavy atom. The maximum atomic E-state index is 10.5. The van der Waals surface area contributed by atoms with Gasteiger partial charge < -0.3 is 5.73 Å². The SMILES string of the molecule is CCCCCC/C=C(\C)CC(N)=O. The lowest BCUT2D eigenvalue weighted by Gasteiger charge is -1.98. The molecule has 2 nitrogen and oxygen atoms in total. The molecule has 1 amide bonds. The number of carbonyl (C=O) groups is 1. The molecule has 0 rings (SSSR count). The summed E-state index contributed by atoms with van der Waals surface area (Å²) in [6.07, 6.45) is 8.71. The molecule has 0 aromatic carbocycles. The van der Waals surface area contributed by atoms with Crippen LogP contribution in [0.1, 0.15) is 52.4 Å². The van der Waals surface area contributed by atoms with Gasteiger partial charge in [0.1, 0.15) is 0 Å². The minimum absolute atomic E-state index is 0.234. The Hall–Kier alpha value is -0.790. The van der Waals surface area contributed by atoms with Crippen molar-refractivity contribution in [2.45, 2.75) is 52.4 Å². The van der Waals surface area contributed by atoms with Crippen LogP contribution < -0.4 is 5.73 Å². The Labute approximate surface area is 81.2 Å². The van der Waals surface area contributed by atoms with Crippen molar-refractivity contribution in [3.05, 3.63) is 11.6 Å². The summed E-state index contributed by atoms with van der Waals surface area (Å²) in [5.74, 6) is -0.234. The Kier molecular flexibility index (Phi) is 7.36. The molecular formula is C11H21NO. The highest BCUT2D eigenvalue weighted by Crippen LogP contribution is 2.06. The molecule has 0 aromatic rings. The van der Waals surface area contributed by atoms with Crippen molar-refractivity contribution < 1.29 is 4.79 Å². The van der Waals surface area contributed by atoms with Gasteiger partial charge in [-0.2, -0.15) is 0 Å². The lowest BCUT2D eigenvalue weighted by Crippen LogP contribution is -2.10. The van der Waals surface area contributed by atoms with Gasteiger partial charge in [0, 0.05) is 6.42 Å². The number of hydrogen-bond acceptors (Lipinski definition) is 1. The zero-order valence-corrected chi connectivity index (χ0v) is 8.81. The van der Waals surface area contributed by atoms with E-state index in [1.54, 1.807) is 0 Å². The van der Waals surface area contributed by atoms with Crippen LogP contribution in [0.2, 0.25) is 0 Å². The molecule has 0 unspecified atom stereocenters. The van der Waals surface area contributed by atoms with E-state index in [2.05, 4.69) is 13.0 Å². The first-order valence-electron chi connectivity index (χ1n) is 5.10. The molecule has 0 atom stereocenters. The van der Waals surface area contributed by atoms with Gasteiger partial charge >= 0.3 is 0 Å². The van der Waals surface area contributed by atoms with Crippen molar-refractivity contribution >= 4 is 5.91 Å². The molecule has 76 valence electrons. The third-order valence-electron chi connectivity index (χ3n) is 2.00. The molecule has 2 heteroatoms. The van der Waals surface area contributed by atoms with E-state index in [1.807, 2.05) is 6.92 Å². The number of allylic oxidation sites excluding steroid dienone is 1. The fourth-order valence-electron chi connectivity index (χ4n) is 1.27. The minimum Gasteiger partial charge on any atom is -0.369 e. The molecule has 0 aliphatic carbocycles. The summed E-state index contributed by atoms with van der Waals surface area (Å²) in [4.78, 5) is 10.5. The van der Waals surface area contributed by atoms with Crippen LogP contribution in [-0.2, 0) is 4.79 Å². The summed E-state index contributed by atoms with van der Waals surface area (Å²) in [5, 5.41) is 0. The lowest BCUT2D eigenvalue weighted by molar-refractivity contribution is -0.117. The smallest absolute Gasteiger partial charge is 0.221 e. The Morgan fingerprint density at radius 2 is 2.00 bits per heavy atom. The van der Waals surface area contributed by atoms with Gasteiger partial charge in [-0.1, -0.05) is 37.8 Å². The van der Waals surface area contributed by atoms with E-state index in [9.17, 15) is 4.79 Å². The molecule has 0 aliphatic rings. The second kappa shape index (κ2) is 7.84. The van der Waals surface area contributed by atoms with Gasteiger partial charge in [0.2, 0.25) is 5.91 Å². The Morgan fingerprint density at radius 1 is 1.31 bits per heavy atom. The third-order valence-corrected chi connectivity index (χ3v) is 2.00. The summed E-state index contributed by atoms with van der Waals surface area (Å²) in [6.45, 7) is 4.17. The molecule has 0 bridgehead atoms. The first-order valence-corrected chi connectivity index (χ1v) is 5.10. The van der Waals surface area contributed by atoms with Crippen LogP contribution in [0.5, 0.6) is 0 Å². The predicted octanol–water partition coefficient (Wildman–Crippen LogP) is 2.78. The summed E-state index contributed by atoms with van der Waals surface area (Å²) in [7, 11) is 0. The zero-order chi connectivity index (χ0) is 10.1. The van der Waals surface area contributed by atoms with Crippen LogP contribution in [0.3, 0.4) is 0 Å². The number of rotatable bonds is 7. The third kappa shape index (κ3) is 9.12. The highest BCUT2D eigenvalue weighted by atomic mass is 16.1. The van der Waals surface area contributed by atoms with Crippen LogP contribution in [0.25, 0.3) is 0 Å². The monoisotopic (exact) mass is 183 g/mol. The van der Waals surface area contributed by atoms with E-state index in [0.29, 0.717) is 6.42 Å². The average molecular weight is 183 g/mol. The highest BCUT2D eigenvalue weighted by molar-refractivity contribution is 5.76. The van der Waals surface area contributed by atoms with E-state index >= 15 is 0 Å². The van der Waals surface area contributed by atoms with E-state index in [0.717, 1.165) is 12.0 Å². The molecule has 0 spiro atoms. The fraction of sp³-hybridized carbons (Fsp3) is 0.727. The van der Waals surface area contributed by atoms with Gasteiger partial charge in [-0.05, 0) is 19.8 Å². The van der Waals surface area contributed by atoms with Crippen molar-refractivity contribution in [1.29, 1.82) is 0 Å². The molecule has 0 saturated heterocycles. The molecule has 0 aliphatic heterocycles. The normalized spacial score (nSPS) is 11.7. The first-order chi connectivity index (χ1) is 6.16. The number of primary amides is 1. The lowest BCUT2D eigenvalue weighted by atomic mass is 10.1. The predicted molar refractivity (Wildman–Crippen MR) is 56.3 cm³/mol. The van der Waals surface area contributed by atoms with Gasteiger partial charge in [0.15, 0.2) is 0 Å². The zero-order valence-electron chi connectivity index (χ0n) is 8.81. The maximum absolute atomic E-state index is 10.5. The van der Waals surface area contributed by atoms with Crippen LogP contribution in [0.15, 0.2) is 11.6 Å². The Bertz CT molecular complexity index is 173. The largest absolute Gasteiger partial charge is 0.369 e. The standard InChI is InChI=1S/C11H21NO/c1-3-4-5-6-7-8-10(2)9-11(12)13/h8H,3-7,9H2,1-2H3,(H2,12,13)/b10-8+. The number of amides is 1. The van der Waals surface area contributed by atoms with Gasteiger partial charge in [0.05, 0.1) is 0 Å². The first kappa shape index (κ1) is 12.2. The molecule has 13 heavy (non-hydrogen) atoms. The van der Waals surface area contributed by atoms with Crippen LogP contribution in [0, 0.1) is 0 Å². The number of hydrogen-bond donors (Lipinski definition) is 1. The average Bonchev–Trinajstić information content (AvgIpc) is 2.02. The summed E-state index contributed by atoms with van der Waals surface area (Å²) >= 11 is 0. The molecule has 0 aromatic heterocycles. The van der Waals surface area contributed by atoms with Crippen molar-refractivity contribution in [3.8, 4) is 0 Å². The molecule has 0 saturated carbocycles. The van der Waals surface area contributed by atoms with Gasteiger partial charge in [-0.15, -0.1) is 0 Å². The van der Waals surface area contributed by atoms with Crippen LogP contribution in [0.4, 0.5) is 0 Å². The highest BCUT2D eigenvalue weighted by Gasteiger charge is 1.94. The van der Waals surface area contributed by atoms with E-state index in [4.69, 9.17) is 5.73 Å². The van der Waals surface area contributed by atoms with Crippen molar-refractivity contribution in [1.82, 2.24) is 0 Å². The van der Waals surface area contributed by atoms with E-state index in [1.165, 1.54) is 25.7 Å². The Balaban J connectivity index is 3.42. The summed E-state index contributed by atoms with van der Waals surface area (Å²) in [6, 6.07) is 0. The quantitative estimate of drug-likeness (QED) is 0.478. The minimum atomic E-state index is -0.234. The van der Waals surface area contributed by atoms with Gasteiger partial charge in [-0.25, -0.2) is 0 Å². The second-order valence-electron chi connectivity index (χ2n) is 3.54. The second-order valence-corrected chi connectivity index (χ2v) is 3.54. The molecule has 0 radical (unpaired) electrons. The van der Waals surface area contributed by atoms with Crippen LogP contribution in [-0.4, -0.2) is 5.91 Å².